The van der Waals surface area contributed by atoms with E-state index in [9.17, 15) is 13.2 Å². The van der Waals surface area contributed by atoms with E-state index in [1.54, 1.807) is 23.7 Å². The highest BCUT2D eigenvalue weighted by Gasteiger charge is 2.33. The third-order valence-electron chi connectivity index (χ3n) is 4.64. The number of amides is 1. The molecule has 29 heavy (non-hydrogen) atoms. The fourth-order valence-corrected chi connectivity index (χ4v) is 4.71. The van der Waals surface area contributed by atoms with Gasteiger partial charge in [-0.05, 0) is 42.5 Å². The van der Waals surface area contributed by atoms with Crippen LogP contribution in [0.5, 0.6) is 5.75 Å². The Morgan fingerprint density at radius 3 is 2.52 bits per heavy atom. The molecule has 12 heteroatoms. The lowest BCUT2D eigenvalue weighted by Crippen LogP contribution is -2.50. The average molecular weight is 424 g/mol. The third kappa shape index (κ3) is 4.17. The Balaban J connectivity index is 1.88. The summed E-state index contributed by atoms with van der Waals surface area (Å²) in [5.74, 6) is 0.704. The van der Waals surface area contributed by atoms with E-state index in [0.717, 1.165) is 0 Å². The van der Waals surface area contributed by atoms with Gasteiger partial charge in [0.05, 0.1) is 13.7 Å². The molecule has 1 aliphatic rings. The van der Waals surface area contributed by atoms with Crippen LogP contribution in [0, 0.1) is 0 Å². The molecule has 158 valence electrons. The number of methoxy groups -OCH3 is 1. The largest absolute Gasteiger partial charge is 0.495 e. The highest BCUT2D eigenvalue weighted by Crippen LogP contribution is 2.31. The number of aromatic nitrogens is 4. The predicted octanol–water partition coefficient (Wildman–Crippen LogP) is 0.831. The van der Waals surface area contributed by atoms with E-state index in [2.05, 4.69) is 15.5 Å². The molecule has 1 aromatic carbocycles. The van der Waals surface area contributed by atoms with Crippen molar-refractivity contribution < 1.29 is 22.7 Å². The molecule has 0 atom stereocenters. The van der Waals surface area contributed by atoms with Crippen molar-refractivity contribution in [2.45, 2.75) is 25.3 Å². The maximum Gasteiger partial charge on any atom is 0.409 e. The van der Waals surface area contributed by atoms with Crippen molar-refractivity contribution in [3.05, 3.63) is 18.2 Å². The number of tetrazole rings is 1. The first-order valence-corrected chi connectivity index (χ1v) is 10.7. The van der Waals surface area contributed by atoms with Gasteiger partial charge in [0.25, 0.3) is 0 Å². The third-order valence-corrected chi connectivity index (χ3v) is 6.56. The van der Waals surface area contributed by atoms with E-state index in [0.29, 0.717) is 17.9 Å². The smallest absolute Gasteiger partial charge is 0.409 e. The number of hydrogen-bond donors (Lipinski definition) is 0. The molecule has 1 saturated heterocycles. The summed E-state index contributed by atoms with van der Waals surface area (Å²) < 4.78 is 39.8. The van der Waals surface area contributed by atoms with Crippen molar-refractivity contribution in [3.8, 4) is 17.1 Å². The first-order valence-electron chi connectivity index (χ1n) is 9.28. The molecule has 3 rings (SSSR count). The first kappa shape index (κ1) is 21.0. The minimum atomic E-state index is -3.85. The van der Waals surface area contributed by atoms with Gasteiger partial charge < -0.3 is 14.4 Å². The van der Waals surface area contributed by atoms with Gasteiger partial charge in [-0.25, -0.2) is 17.9 Å². The van der Waals surface area contributed by atoms with E-state index in [-0.39, 0.29) is 43.4 Å². The normalized spacial score (nSPS) is 15.3. The van der Waals surface area contributed by atoms with E-state index in [1.807, 2.05) is 6.92 Å². The number of rotatable bonds is 6. The summed E-state index contributed by atoms with van der Waals surface area (Å²) in [5.41, 5.74) is 0.571. The number of sulfonamides is 1. The molecular weight excluding hydrogens is 400 g/mol. The molecule has 2 aromatic rings. The summed E-state index contributed by atoms with van der Waals surface area (Å²) >= 11 is 0. The van der Waals surface area contributed by atoms with E-state index >= 15 is 0 Å². The lowest BCUT2D eigenvalue weighted by atomic mass is 10.2. The van der Waals surface area contributed by atoms with Crippen LogP contribution in [0.25, 0.3) is 11.4 Å². The summed E-state index contributed by atoms with van der Waals surface area (Å²) in [6.45, 7) is 5.30. The van der Waals surface area contributed by atoms with Gasteiger partial charge >= 0.3 is 6.09 Å². The summed E-state index contributed by atoms with van der Waals surface area (Å²) in [4.78, 5) is 13.4. The van der Waals surface area contributed by atoms with Gasteiger partial charge in [0.2, 0.25) is 10.0 Å². The monoisotopic (exact) mass is 424 g/mol. The van der Waals surface area contributed by atoms with Crippen LogP contribution in [-0.4, -0.2) is 83.8 Å². The van der Waals surface area contributed by atoms with Gasteiger partial charge in [-0.2, -0.15) is 4.31 Å². The summed E-state index contributed by atoms with van der Waals surface area (Å²) in [5, 5.41) is 11.5. The Labute approximate surface area is 169 Å². The average Bonchev–Trinajstić information content (AvgIpc) is 3.22. The van der Waals surface area contributed by atoms with E-state index in [4.69, 9.17) is 9.47 Å². The SMILES string of the molecule is CCOC(=O)N1CCN(S(=O)(=O)c2cc(-c3nnnn3CC)ccc2OC)CC1. The van der Waals surface area contributed by atoms with Crippen LogP contribution in [0.2, 0.25) is 0 Å². The van der Waals surface area contributed by atoms with Gasteiger partial charge in [-0.1, -0.05) is 0 Å². The highest BCUT2D eigenvalue weighted by atomic mass is 32.2. The van der Waals surface area contributed by atoms with Crippen LogP contribution in [0.3, 0.4) is 0 Å². The maximum absolute atomic E-state index is 13.3. The molecule has 1 aromatic heterocycles. The second kappa shape index (κ2) is 8.74. The minimum Gasteiger partial charge on any atom is -0.495 e. The molecule has 0 unspecified atom stereocenters. The molecule has 0 radical (unpaired) electrons. The molecule has 0 aliphatic carbocycles. The van der Waals surface area contributed by atoms with Gasteiger partial charge in [-0.15, -0.1) is 5.10 Å². The van der Waals surface area contributed by atoms with E-state index in [1.165, 1.54) is 22.4 Å². The highest BCUT2D eigenvalue weighted by molar-refractivity contribution is 7.89. The lowest BCUT2D eigenvalue weighted by molar-refractivity contribution is 0.0934. The molecule has 0 bridgehead atoms. The summed E-state index contributed by atoms with van der Waals surface area (Å²) in [6.07, 6.45) is -0.435. The second-order valence-electron chi connectivity index (χ2n) is 6.27. The van der Waals surface area contributed by atoms with Crippen molar-refractivity contribution in [3.63, 3.8) is 0 Å². The molecule has 0 spiro atoms. The van der Waals surface area contributed by atoms with Crippen LogP contribution in [0.15, 0.2) is 23.1 Å². The van der Waals surface area contributed by atoms with Crippen LogP contribution >= 0.6 is 0 Å². The zero-order valence-electron chi connectivity index (χ0n) is 16.6. The number of ether oxygens (including phenoxy) is 2. The van der Waals surface area contributed by atoms with Gasteiger partial charge in [0.15, 0.2) is 5.82 Å². The Bertz CT molecular complexity index is 968. The van der Waals surface area contributed by atoms with Crippen molar-refractivity contribution >= 4 is 16.1 Å². The fourth-order valence-electron chi connectivity index (χ4n) is 3.11. The number of carbonyl (C=O) groups is 1. The molecule has 0 N–H and O–H groups in total. The van der Waals surface area contributed by atoms with Crippen molar-refractivity contribution in [2.75, 3.05) is 39.9 Å². The Kier molecular flexibility index (Phi) is 6.33. The summed E-state index contributed by atoms with van der Waals surface area (Å²) in [6, 6.07) is 4.82. The lowest BCUT2D eigenvalue weighted by Gasteiger charge is -2.33. The van der Waals surface area contributed by atoms with Crippen LogP contribution in [0.1, 0.15) is 13.8 Å². The van der Waals surface area contributed by atoms with Crippen LogP contribution < -0.4 is 4.74 Å². The van der Waals surface area contributed by atoms with Gasteiger partial charge in [0, 0.05) is 38.3 Å². The molecule has 1 aliphatic heterocycles. The van der Waals surface area contributed by atoms with Crippen molar-refractivity contribution in [2.24, 2.45) is 0 Å². The molecule has 0 saturated carbocycles. The number of aryl methyl sites for hydroxylation is 1. The fraction of sp³-hybridized carbons (Fsp3) is 0.529. The molecular formula is C17H24N6O5S. The predicted molar refractivity (Wildman–Crippen MR) is 103 cm³/mol. The quantitative estimate of drug-likeness (QED) is 0.669. The maximum atomic E-state index is 13.3. The van der Waals surface area contributed by atoms with Gasteiger partial charge in [-0.3, -0.25) is 0 Å². The number of carbonyl (C=O) groups excluding carboxylic acids is 1. The molecule has 1 fully saturated rings. The van der Waals surface area contributed by atoms with Crippen LogP contribution in [0.4, 0.5) is 4.79 Å². The second-order valence-corrected chi connectivity index (χ2v) is 8.18. The number of hydrogen-bond acceptors (Lipinski definition) is 8. The van der Waals surface area contributed by atoms with E-state index < -0.39 is 16.1 Å². The molecule has 2 heterocycles. The Morgan fingerprint density at radius 1 is 1.17 bits per heavy atom. The van der Waals surface area contributed by atoms with Gasteiger partial charge in [0.1, 0.15) is 10.6 Å². The standard InChI is InChI=1S/C17H24N6O5S/c1-4-23-16(18-19-20-23)13-6-7-14(27-3)15(12-13)29(25,26)22-10-8-21(9-11-22)17(24)28-5-2/h6-7,12H,4-5,8-11H2,1-3H3. The minimum absolute atomic E-state index is 0.0349. The molecule has 11 nitrogen and oxygen atoms in total. The number of piperazine rings is 1. The summed E-state index contributed by atoms with van der Waals surface area (Å²) in [7, 11) is -2.43. The van der Waals surface area contributed by atoms with Crippen molar-refractivity contribution in [1.29, 1.82) is 0 Å². The Hall–Kier alpha value is -2.73. The topological polar surface area (TPSA) is 120 Å². The van der Waals surface area contributed by atoms with Crippen LogP contribution in [-0.2, 0) is 21.3 Å². The zero-order valence-corrected chi connectivity index (χ0v) is 17.4. The zero-order chi connectivity index (χ0) is 21.0. The number of nitrogens with zero attached hydrogens (tertiary/aromatic N) is 6. The number of benzene rings is 1. The Morgan fingerprint density at radius 2 is 1.90 bits per heavy atom. The molecule has 1 amide bonds. The van der Waals surface area contributed by atoms with Crippen molar-refractivity contribution in [1.82, 2.24) is 29.4 Å². The first-order chi connectivity index (χ1) is 13.9.